The van der Waals surface area contributed by atoms with Gasteiger partial charge in [-0.1, -0.05) is 59.9 Å². The SMILES string of the molecule is C/C=C/C=C/C(=O)Nc1nc(-c2ccccc2)c(C(=O)OCC)s1. The van der Waals surface area contributed by atoms with Crippen molar-refractivity contribution in [3.05, 3.63) is 59.5 Å². The van der Waals surface area contributed by atoms with Crippen molar-refractivity contribution >= 4 is 28.3 Å². The Morgan fingerprint density at radius 1 is 1.25 bits per heavy atom. The molecular weight excluding hydrogens is 324 g/mol. The van der Waals surface area contributed by atoms with E-state index in [4.69, 9.17) is 4.74 Å². The zero-order valence-corrected chi connectivity index (χ0v) is 14.3. The molecule has 0 unspecified atom stereocenters. The van der Waals surface area contributed by atoms with Crippen molar-refractivity contribution in [3.63, 3.8) is 0 Å². The summed E-state index contributed by atoms with van der Waals surface area (Å²) in [6.07, 6.45) is 6.60. The average molecular weight is 342 g/mol. The van der Waals surface area contributed by atoms with Gasteiger partial charge in [0.25, 0.3) is 0 Å². The molecule has 1 aromatic carbocycles. The Balaban J connectivity index is 2.31. The largest absolute Gasteiger partial charge is 0.462 e. The number of aromatic nitrogens is 1. The van der Waals surface area contributed by atoms with Crippen molar-refractivity contribution in [2.45, 2.75) is 13.8 Å². The molecule has 0 atom stereocenters. The molecule has 0 spiro atoms. The maximum absolute atomic E-state index is 12.2. The van der Waals surface area contributed by atoms with Gasteiger partial charge < -0.3 is 4.74 Å². The Morgan fingerprint density at radius 2 is 2.00 bits per heavy atom. The van der Waals surface area contributed by atoms with Crippen LogP contribution >= 0.6 is 11.3 Å². The number of hydrogen-bond acceptors (Lipinski definition) is 5. The number of anilines is 1. The first-order valence-corrected chi connectivity index (χ1v) is 8.31. The molecule has 0 radical (unpaired) electrons. The van der Waals surface area contributed by atoms with Crippen molar-refractivity contribution in [2.75, 3.05) is 11.9 Å². The van der Waals surface area contributed by atoms with Gasteiger partial charge >= 0.3 is 5.97 Å². The minimum absolute atomic E-state index is 0.277. The number of nitrogens with one attached hydrogen (secondary N) is 1. The van der Waals surface area contributed by atoms with E-state index in [0.717, 1.165) is 16.9 Å². The Hall–Kier alpha value is -2.73. The summed E-state index contributed by atoms with van der Waals surface area (Å²) < 4.78 is 5.08. The second kappa shape index (κ2) is 8.79. The van der Waals surface area contributed by atoms with Crippen molar-refractivity contribution in [2.24, 2.45) is 0 Å². The third-order valence-electron chi connectivity index (χ3n) is 2.92. The lowest BCUT2D eigenvalue weighted by Gasteiger charge is -2.01. The summed E-state index contributed by atoms with van der Waals surface area (Å²) in [5, 5.41) is 3.02. The first-order valence-electron chi connectivity index (χ1n) is 7.49. The smallest absolute Gasteiger partial charge is 0.350 e. The second-order valence-corrected chi connectivity index (χ2v) is 5.66. The number of benzene rings is 1. The fourth-order valence-corrected chi connectivity index (χ4v) is 2.79. The first-order chi connectivity index (χ1) is 11.7. The van der Waals surface area contributed by atoms with Crippen LogP contribution in [-0.4, -0.2) is 23.5 Å². The van der Waals surface area contributed by atoms with Crippen LogP contribution in [-0.2, 0) is 9.53 Å². The van der Waals surface area contributed by atoms with E-state index in [1.807, 2.05) is 43.3 Å². The Kier molecular flexibility index (Phi) is 6.45. The summed E-state index contributed by atoms with van der Waals surface area (Å²) in [5.41, 5.74) is 1.30. The van der Waals surface area contributed by atoms with Crippen LogP contribution in [0.25, 0.3) is 11.3 Å². The molecule has 0 aliphatic heterocycles. The highest BCUT2D eigenvalue weighted by Gasteiger charge is 2.21. The lowest BCUT2D eigenvalue weighted by Crippen LogP contribution is -2.07. The van der Waals surface area contributed by atoms with E-state index in [9.17, 15) is 9.59 Å². The van der Waals surface area contributed by atoms with Crippen LogP contribution in [0.2, 0.25) is 0 Å². The molecule has 6 heteroatoms. The van der Waals surface area contributed by atoms with Crippen LogP contribution in [0, 0.1) is 0 Å². The van der Waals surface area contributed by atoms with Crippen LogP contribution in [0.4, 0.5) is 5.13 Å². The van der Waals surface area contributed by atoms with Gasteiger partial charge in [0.05, 0.1) is 12.3 Å². The summed E-state index contributed by atoms with van der Waals surface area (Å²) >= 11 is 1.10. The molecule has 0 fully saturated rings. The van der Waals surface area contributed by atoms with E-state index in [1.165, 1.54) is 6.08 Å². The number of amides is 1. The molecule has 1 N–H and O–H groups in total. The summed E-state index contributed by atoms with van der Waals surface area (Å²) in [4.78, 5) is 28.8. The van der Waals surface area contributed by atoms with Crippen LogP contribution in [0.5, 0.6) is 0 Å². The number of nitrogens with zero attached hydrogens (tertiary/aromatic N) is 1. The fraction of sp³-hybridized carbons (Fsp3) is 0.167. The quantitative estimate of drug-likeness (QED) is 0.488. The van der Waals surface area contributed by atoms with Crippen molar-refractivity contribution in [3.8, 4) is 11.3 Å². The standard InChI is InChI=1S/C18H18N2O3S/c1-3-5-7-12-14(21)19-18-20-15(13-10-8-6-9-11-13)16(24-18)17(22)23-4-2/h3,5-12H,4H2,1-2H3,(H,19,20,21)/b5-3+,12-7+. The predicted octanol–water partition coefficient (Wildman–Crippen LogP) is 4.06. The van der Waals surface area contributed by atoms with Crippen LogP contribution in [0.3, 0.4) is 0 Å². The van der Waals surface area contributed by atoms with Crippen molar-refractivity contribution < 1.29 is 14.3 Å². The molecule has 0 aliphatic rings. The lowest BCUT2D eigenvalue weighted by atomic mass is 10.1. The Bertz CT molecular complexity index is 764. The molecule has 0 saturated carbocycles. The number of rotatable bonds is 6. The normalized spacial score (nSPS) is 11.1. The van der Waals surface area contributed by atoms with E-state index >= 15 is 0 Å². The highest BCUT2D eigenvalue weighted by Crippen LogP contribution is 2.31. The van der Waals surface area contributed by atoms with Gasteiger partial charge in [-0.25, -0.2) is 9.78 Å². The van der Waals surface area contributed by atoms with Crippen molar-refractivity contribution in [1.29, 1.82) is 0 Å². The van der Waals surface area contributed by atoms with Crippen LogP contribution in [0.15, 0.2) is 54.6 Å². The molecule has 0 bridgehead atoms. The first kappa shape index (κ1) is 17.6. The maximum atomic E-state index is 12.2. The number of esters is 1. The van der Waals surface area contributed by atoms with E-state index in [2.05, 4.69) is 10.3 Å². The summed E-state index contributed by atoms with van der Waals surface area (Å²) in [6, 6.07) is 9.32. The summed E-state index contributed by atoms with van der Waals surface area (Å²) in [7, 11) is 0. The van der Waals surface area contributed by atoms with Gasteiger partial charge in [0.2, 0.25) is 5.91 Å². The van der Waals surface area contributed by atoms with Gasteiger partial charge in [-0.15, -0.1) is 0 Å². The third-order valence-corrected chi connectivity index (χ3v) is 3.87. The monoisotopic (exact) mass is 342 g/mol. The summed E-state index contributed by atoms with van der Waals surface area (Å²) in [5.74, 6) is -0.754. The minimum atomic E-state index is -0.446. The zero-order valence-electron chi connectivity index (χ0n) is 13.5. The van der Waals surface area contributed by atoms with E-state index < -0.39 is 5.97 Å². The van der Waals surface area contributed by atoms with Gasteiger partial charge in [-0.3, -0.25) is 10.1 Å². The Labute approximate surface area is 144 Å². The zero-order chi connectivity index (χ0) is 17.4. The topological polar surface area (TPSA) is 68.3 Å². The van der Waals surface area contributed by atoms with Crippen molar-refractivity contribution in [1.82, 2.24) is 4.98 Å². The fourth-order valence-electron chi connectivity index (χ4n) is 1.90. The number of hydrogen-bond donors (Lipinski definition) is 1. The molecule has 2 aromatic rings. The maximum Gasteiger partial charge on any atom is 0.350 e. The second-order valence-electron chi connectivity index (χ2n) is 4.66. The number of thiazole rings is 1. The molecular formula is C18H18N2O3S. The molecule has 24 heavy (non-hydrogen) atoms. The Morgan fingerprint density at radius 3 is 2.67 bits per heavy atom. The van der Waals surface area contributed by atoms with Gasteiger partial charge in [0.15, 0.2) is 5.13 Å². The average Bonchev–Trinajstić information content (AvgIpc) is 3.00. The van der Waals surface area contributed by atoms with Crippen LogP contribution < -0.4 is 5.32 Å². The lowest BCUT2D eigenvalue weighted by molar-refractivity contribution is -0.111. The molecule has 1 heterocycles. The highest BCUT2D eigenvalue weighted by atomic mass is 32.1. The molecule has 5 nitrogen and oxygen atoms in total. The number of allylic oxidation sites excluding steroid dienone is 3. The van der Waals surface area contributed by atoms with Gasteiger partial charge in [0, 0.05) is 11.6 Å². The summed E-state index contributed by atoms with van der Waals surface area (Å²) in [6.45, 7) is 3.88. The number of carbonyl (C=O) groups excluding carboxylic acids is 2. The number of carbonyl (C=O) groups is 2. The predicted molar refractivity (Wildman–Crippen MR) is 96.1 cm³/mol. The van der Waals surface area contributed by atoms with E-state index in [1.54, 1.807) is 19.1 Å². The molecule has 0 saturated heterocycles. The minimum Gasteiger partial charge on any atom is -0.462 e. The van der Waals surface area contributed by atoms with Gasteiger partial charge in [-0.05, 0) is 13.8 Å². The molecule has 1 amide bonds. The molecule has 0 aliphatic carbocycles. The molecule has 1 aromatic heterocycles. The molecule has 124 valence electrons. The van der Waals surface area contributed by atoms with Gasteiger partial charge in [0.1, 0.15) is 4.88 Å². The molecule has 2 rings (SSSR count). The third kappa shape index (κ3) is 4.63. The van der Waals surface area contributed by atoms with Crippen LogP contribution in [0.1, 0.15) is 23.5 Å². The van der Waals surface area contributed by atoms with E-state index in [0.29, 0.717) is 15.7 Å². The number of ether oxygens (including phenoxy) is 1. The highest BCUT2D eigenvalue weighted by molar-refractivity contribution is 7.18. The van der Waals surface area contributed by atoms with E-state index in [-0.39, 0.29) is 12.5 Å². The van der Waals surface area contributed by atoms with Gasteiger partial charge in [-0.2, -0.15) is 0 Å².